The SMILES string of the molecule is COC(=O)C1=C(C(F)(F)F)N2c3ccccc3C=C[C@H]2O[C@H]1c1ccc([N+](=O)[O-])cc1. The van der Waals surface area contributed by atoms with Gasteiger partial charge in [-0.2, -0.15) is 13.2 Å². The maximum absolute atomic E-state index is 14.3. The molecule has 0 radical (unpaired) electrons. The van der Waals surface area contributed by atoms with Crippen molar-refractivity contribution in [2.45, 2.75) is 18.5 Å². The van der Waals surface area contributed by atoms with Gasteiger partial charge >= 0.3 is 12.1 Å². The van der Waals surface area contributed by atoms with Gasteiger partial charge in [-0.25, -0.2) is 4.79 Å². The Morgan fingerprint density at radius 2 is 1.84 bits per heavy atom. The van der Waals surface area contributed by atoms with Gasteiger partial charge in [-0.05, 0) is 35.4 Å². The van der Waals surface area contributed by atoms with Crippen molar-refractivity contribution in [2.24, 2.45) is 0 Å². The fourth-order valence-corrected chi connectivity index (χ4v) is 3.69. The quantitative estimate of drug-likeness (QED) is 0.403. The van der Waals surface area contributed by atoms with Crippen LogP contribution in [0.2, 0.25) is 0 Å². The van der Waals surface area contributed by atoms with Crippen LogP contribution in [0.25, 0.3) is 6.08 Å². The molecule has 0 bridgehead atoms. The highest BCUT2D eigenvalue weighted by Gasteiger charge is 2.51. The number of allylic oxidation sites excluding steroid dienone is 1. The number of anilines is 1. The fourth-order valence-electron chi connectivity index (χ4n) is 3.69. The Kier molecular flexibility index (Phi) is 5.02. The van der Waals surface area contributed by atoms with Crippen LogP contribution in [0.5, 0.6) is 0 Å². The molecule has 0 fully saturated rings. The van der Waals surface area contributed by atoms with Crippen molar-refractivity contribution in [1.82, 2.24) is 0 Å². The normalized spacial score (nSPS) is 20.2. The summed E-state index contributed by atoms with van der Waals surface area (Å²) in [6.45, 7) is 0. The number of alkyl halides is 3. The number of rotatable bonds is 3. The van der Waals surface area contributed by atoms with Crippen LogP contribution in [-0.2, 0) is 14.3 Å². The lowest BCUT2D eigenvalue weighted by molar-refractivity contribution is -0.384. The summed E-state index contributed by atoms with van der Waals surface area (Å²) in [6.07, 6.45) is -4.41. The van der Waals surface area contributed by atoms with Crippen LogP contribution >= 0.6 is 0 Å². The van der Waals surface area contributed by atoms with E-state index in [9.17, 15) is 28.1 Å². The maximum atomic E-state index is 14.3. The molecule has 10 heteroatoms. The summed E-state index contributed by atoms with van der Waals surface area (Å²) in [4.78, 5) is 23.8. The molecule has 2 aromatic carbocycles. The van der Waals surface area contributed by atoms with E-state index in [2.05, 4.69) is 4.74 Å². The first-order valence-electron chi connectivity index (χ1n) is 9.08. The number of nitro groups is 1. The van der Waals surface area contributed by atoms with Gasteiger partial charge in [0.05, 0.1) is 23.3 Å². The van der Waals surface area contributed by atoms with E-state index in [-0.39, 0.29) is 16.9 Å². The topological polar surface area (TPSA) is 81.9 Å². The van der Waals surface area contributed by atoms with Gasteiger partial charge in [0.15, 0.2) is 6.23 Å². The number of non-ortho nitro benzene ring substituents is 1. The van der Waals surface area contributed by atoms with Gasteiger partial charge < -0.3 is 14.4 Å². The van der Waals surface area contributed by atoms with E-state index in [1.54, 1.807) is 24.3 Å². The molecule has 0 N–H and O–H groups in total. The third-order valence-electron chi connectivity index (χ3n) is 5.01. The number of halogens is 3. The number of hydrogen-bond donors (Lipinski definition) is 0. The van der Waals surface area contributed by atoms with Crippen LogP contribution in [0.3, 0.4) is 0 Å². The second kappa shape index (κ2) is 7.55. The average molecular weight is 432 g/mol. The van der Waals surface area contributed by atoms with Gasteiger partial charge in [-0.15, -0.1) is 0 Å². The molecule has 0 saturated heterocycles. The molecule has 0 amide bonds. The molecular formula is C21H15F3N2O5. The summed E-state index contributed by atoms with van der Waals surface area (Å²) in [7, 11) is 0.979. The Hall–Kier alpha value is -3.66. The van der Waals surface area contributed by atoms with Crippen molar-refractivity contribution in [2.75, 3.05) is 12.0 Å². The smallest absolute Gasteiger partial charge is 0.432 e. The number of benzene rings is 2. The number of nitrogens with zero attached hydrogens (tertiary/aromatic N) is 2. The van der Waals surface area contributed by atoms with Crippen LogP contribution in [0.1, 0.15) is 17.2 Å². The molecule has 4 rings (SSSR count). The number of carbonyl (C=O) groups is 1. The van der Waals surface area contributed by atoms with Gasteiger partial charge in [-0.1, -0.05) is 24.3 Å². The number of carbonyl (C=O) groups excluding carboxylic acids is 1. The van der Waals surface area contributed by atoms with Gasteiger partial charge in [-0.3, -0.25) is 10.1 Å². The van der Waals surface area contributed by atoms with Gasteiger partial charge in [0.25, 0.3) is 5.69 Å². The van der Waals surface area contributed by atoms with Crippen molar-refractivity contribution in [1.29, 1.82) is 0 Å². The molecule has 2 atom stereocenters. The predicted molar refractivity (Wildman–Crippen MR) is 104 cm³/mol. The largest absolute Gasteiger partial charge is 0.466 e. The van der Waals surface area contributed by atoms with Crippen LogP contribution in [0, 0.1) is 10.1 Å². The summed E-state index contributed by atoms with van der Waals surface area (Å²) in [5.74, 6) is -1.21. The number of para-hydroxylation sites is 1. The molecule has 2 aliphatic heterocycles. The fraction of sp³-hybridized carbons (Fsp3) is 0.190. The number of hydrogen-bond acceptors (Lipinski definition) is 6. The molecule has 0 unspecified atom stereocenters. The van der Waals surface area contributed by atoms with Crippen molar-refractivity contribution in [3.05, 3.63) is 87.1 Å². The Balaban J connectivity index is 1.95. The van der Waals surface area contributed by atoms with E-state index >= 15 is 0 Å². The lowest BCUT2D eigenvalue weighted by Gasteiger charge is -2.44. The molecule has 2 aromatic rings. The zero-order chi connectivity index (χ0) is 22.3. The Morgan fingerprint density at radius 3 is 2.45 bits per heavy atom. The second-order valence-electron chi connectivity index (χ2n) is 6.79. The Labute approximate surface area is 174 Å². The van der Waals surface area contributed by atoms with E-state index in [1.165, 1.54) is 24.3 Å². The highest BCUT2D eigenvalue weighted by atomic mass is 19.4. The van der Waals surface area contributed by atoms with Gasteiger partial charge in [0.2, 0.25) is 0 Å². The Morgan fingerprint density at radius 1 is 1.16 bits per heavy atom. The number of nitro benzene ring substituents is 1. The zero-order valence-corrected chi connectivity index (χ0v) is 16.0. The van der Waals surface area contributed by atoms with Crippen molar-refractivity contribution < 1.29 is 32.4 Å². The molecule has 2 heterocycles. The lowest BCUT2D eigenvalue weighted by atomic mass is 9.94. The summed E-state index contributed by atoms with van der Waals surface area (Å²) < 4.78 is 53.6. The van der Waals surface area contributed by atoms with Crippen molar-refractivity contribution in [3.8, 4) is 0 Å². The number of ether oxygens (including phenoxy) is 2. The van der Waals surface area contributed by atoms with E-state index in [0.717, 1.165) is 24.1 Å². The average Bonchev–Trinajstić information content (AvgIpc) is 2.76. The summed E-state index contributed by atoms with van der Waals surface area (Å²) in [6, 6.07) is 11.2. The van der Waals surface area contributed by atoms with E-state index < -0.39 is 40.7 Å². The summed E-state index contributed by atoms with van der Waals surface area (Å²) in [5, 5.41) is 10.9. The maximum Gasteiger partial charge on any atom is 0.432 e. The first-order chi connectivity index (χ1) is 14.7. The van der Waals surface area contributed by atoms with Gasteiger partial charge in [0, 0.05) is 12.1 Å². The third-order valence-corrected chi connectivity index (χ3v) is 5.01. The van der Waals surface area contributed by atoms with Crippen molar-refractivity contribution in [3.63, 3.8) is 0 Å². The van der Waals surface area contributed by atoms with Crippen LogP contribution in [0.4, 0.5) is 24.5 Å². The molecule has 0 aliphatic carbocycles. The van der Waals surface area contributed by atoms with E-state index in [1.807, 2.05) is 0 Å². The van der Waals surface area contributed by atoms with Crippen LogP contribution < -0.4 is 4.90 Å². The monoisotopic (exact) mass is 432 g/mol. The van der Waals surface area contributed by atoms with Gasteiger partial charge in [0.1, 0.15) is 11.8 Å². The lowest BCUT2D eigenvalue weighted by Crippen LogP contribution is -2.49. The third kappa shape index (κ3) is 3.55. The zero-order valence-electron chi connectivity index (χ0n) is 16.0. The second-order valence-corrected chi connectivity index (χ2v) is 6.79. The molecule has 0 aromatic heterocycles. The molecule has 31 heavy (non-hydrogen) atoms. The minimum atomic E-state index is -4.91. The molecule has 160 valence electrons. The van der Waals surface area contributed by atoms with Crippen LogP contribution in [-0.4, -0.2) is 30.4 Å². The standard InChI is InChI=1S/C21H15F3N2O5/c1-30-20(27)17-18(13-6-9-14(10-7-13)26(28)29)31-16-11-8-12-4-2-3-5-15(12)25(16)19(17)21(22,23)24/h2-11,16,18H,1H3/t16-,18+/m1/s1. The Bertz CT molecular complexity index is 1110. The van der Waals surface area contributed by atoms with Crippen LogP contribution in [0.15, 0.2) is 65.9 Å². The summed E-state index contributed by atoms with van der Waals surface area (Å²) in [5.41, 5.74) is -1.26. The highest BCUT2D eigenvalue weighted by Crippen LogP contribution is 2.48. The molecule has 0 saturated carbocycles. The molecule has 2 aliphatic rings. The number of esters is 1. The van der Waals surface area contributed by atoms with E-state index in [0.29, 0.717) is 5.56 Å². The van der Waals surface area contributed by atoms with E-state index in [4.69, 9.17) is 4.74 Å². The van der Waals surface area contributed by atoms with Crippen molar-refractivity contribution >= 4 is 23.4 Å². The number of methoxy groups -OCH3 is 1. The minimum absolute atomic E-state index is 0.152. The predicted octanol–water partition coefficient (Wildman–Crippen LogP) is 4.52. The first-order valence-corrected chi connectivity index (χ1v) is 9.08. The summed E-state index contributed by atoms with van der Waals surface area (Å²) >= 11 is 0. The molecule has 7 nitrogen and oxygen atoms in total. The number of fused-ring (bicyclic) bond motifs is 3. The molecule has 0 spiro atoms. The first kappa shape index (κ1) is 20.6. The molecular weight excluding hydrogens is 417 g/mol. The minimum Gasteiger partial charge on any atom is -0.466 e. The highest BCUT2D eigenvalue weighted by molar-refractivity contribution is 5.93.